The summed E-state index contributed by atoms with van der Waals surface area (Å²) in [6, 6.07) is 0. The van der Waals surface area contributed by atoms with E-state index in [1.807, 2.05) is 0 Å². The molecule has 0 heterocycles. The van der Waals surface area contributed by atoms with Crippen molar-refractivity contribution < 1.29 is 18.7 Å². The summed E-state index contributed by atoms with van der Waals surface area (Å²) in [5.74, 6) is -1.01. The molecule has 0 aliphatic heterocycles. The molecule has 0 aromatic carbocycles. The lowest BCUT2D eigenvalue weighted by molar-refractivity contribution is -0.150. The van der Waals surface area contributed by atoms with Gasteiger partial charge in [-0.05, 0) is 43.4 Å². The van der Waals surface area contributed by atoms with Gasteiger partial charge in [-0.1, -0.05) is 20.8 Å². The molecular weight excluding hydrogens is 290 g/mol. The van der Waals surface area contributed by atoms with Gasteiger partial charge in [0, 0.05) is 17.7 Å². The molecule has 3 atom stereocenters. The summed E-state index contributed by atoms with van der Waals surface area (Å²) in [7, 11) is 0. The number of nitrogens with zero attached hydrogens (tertiary/aromatic N) is 1. The Bertz CT molecular complexity index is 493. The number of halogens is 2. The molecule has 0 aromatic rings. The van der Waals surface area contributed by atoms with Gasteiger partial charge in [0.1, 0.15) is 0 Å². The quantitative estimate of drug-likeness (QED) is 0.739. The number of hydrogen-bond acceptors (Lipinski definition) is 3. The van der Waals surface area contributed by atoms with Gasteiger partial charge >= 0.3 is 5.97 Å². The molecule has 2 fully saturated rings. The van der Waals surface area contributed by atoms with Gasteiger partial charge in [-0.2, -0.15) is 0 Å². The Morgan fingerprint density at radius 1 is 1.50 bits per heavy atom. The number of aliphatic imine (C=N–C) groups is 1. The van der Waals surface area contributed by atoms with Gasteiger partial charge < -0.3 is 10.8 Å². The Balaban J connectivity index is 1.96. The zero-order valence-electron chi connectivity index (χ0n) is 13.5. The fourth-order valence-corrected chi connectivity index (χ4v) is 4.06. The van der Waals surface area contributed by atoms with Gasteiger partial charge in [0.25, 0.3) is 6.43 Å². The van der Waals surface area contributed by atoms with E-state index in [0.717, 1.165) is 12.8 Å². The van der Waals surface area contributed by atoms with E-state index in [4.69, 9.17) is 10.8 Å². The van der Waals surface area contributed by atoms with Crippen LogP contribution < -0.4 is 5.73 Å². The highest BCUT2D eigenvalue weighted by molar-refractivity contribution is 5.94. The van der Waals surface area contributed by atoms with Gasteiger partial charge in [-0.3, -0.25) is 4.99 Å². The Kier molecular flexibility index (Phi) is 4.37. The largest absolute Gasteiger partial charge is 0.480 e. The van der Waals surface area contributed by atoms with Crippen molar-refractivity contribution in [3.63, 3.8) is 0 Å². The van der Waals surface area contributed by atoms with Crippen LogP contribution in [0.15, 0.2) is 4.99 Å². The Morgan fingerprint density at radius 3 is 2.55 bits per heavy atom. The summed E-state index contributed by atoms with van der Waals surface area (Å²) in [5, 5.41) is 8.87. The molecular formula is C16H26F2N2O2. The Hall–Kier alpha value is -1.04. The molecule has 2 aliphatic carbocycles. The van der Waals surface area contributed by atoms with Crippen molar-refractivity contribution in [2.24, 2.45) is 27.5 Å². The highest BCUT2D eigenvalue weighted by atomic mass is 19.3. The van der Waals surface area contributed by atoms with Crippen molar-refractivity contribution in [2.75, 3.05) is 6.54 Å². The first-order valence-electron chi connectivity index (χ1n) is 7.90. The third kappa shape index (κ3) is 2.45. The second-order valence-corrected chi connectivity index (χ2v) is 7.57. The molecule has 2 saturated carbocycles. The van der Waals surface area contributed by atoms with Gasteiger partial charge in [-0.15, -0.1) is 0 Å². The van der Waals surface area contributed by atoms with Crippen molar-refractivity contribution in [3.8, 4) is 0 Å². The number of carbonyl (C=O) groups is 1. The Labute approximate surface area is 130 Å². The maximum atomic E-state index is 12.8. The highest BCUT2D eigenvalue weighted by Gasteiger charge is 2.59. The molecule has 0 radical (unpaired) electrons. The first kappa shape index (κ1) is 17.3. The standard InChI is InChI=1S/C16H26F2N2O2/c1-14(2)10-5-7-15(14,3)11(9-10)20-8-4-6-16(19,12(17)18)13(21)22/h10,12H,4-9,19H2,1-3H3,(H,21,22). The van der Waals surface area contributed by atoms with Crippen LogP contribution in [0.1, 0.15) is 52.9 Å². The summed E-state index contributed by atoms with van der Waals surface area (Å²) in [6.07, 6.45) is 0.245. The number of fused-ring (bicyclic) bond motifs is 2. The molecule has 2 rings (SSSR count). The van der Waals surface area contributed by atoms with Crippen LogP contribution in [0.5, 0.6) is 0 Å². The molecule has 2 bridgehead atoms. The molecule has 0 aromatic heterocycles. The highest BCUT2D eigenvalue weighted by Crippen LogP contribution is 2.63. The molecule has 3 N–H and O–H groups in total. The second kappa shape index (κ2) is 5.55. The van der Waals surface area contributed by atoms with Crippen LogP contribution in [0.3, 0.4) is 0 Å². The number of hydrogen-bond donors (Lipinski definition) is 2. The molecule has 4 nitrogen and oxygen atoms in total. The molecule has 2 aliphatic rings. The Morgan fingerprint density at radius 2 is 2.14 bits per heavy atom. The van der Waals surface area contributed by atoms with Crippen molar-refractivity contribution in [1.29, 1.82) is 0 Å². The monoisotopic (exact) mass is 316 g/mol. The number of carboxylic acids is 1. The summed E-state index contributed by atoms with van der Waals surface area (Å²) in [4.78, 5) is 15.5. The second-order valence-electron chi connectivity index (χ2n) is 7.57. The van der Waals surface area contributed by atoms with E-state index in [2.05, 4.69) is 25.8 Å². The normalized spacial score (nSPS) is 34.3. The first-order valence-corrected chi connectivity index (χ1v) is 7.90. The van der Waals surface area contributed by atoms with Crippen LogP contribution in [0, 0.1) is 16.7 Å². The van der Waals surface area contributed by atoms with Gasteiger partial charge in [-0.25, -0.2) is 13.6 Å². The maximum absolute atomic E-state index is 12.8. The summed E-state index contributed by atoms with van der Waals surface area (Å²) in [6.45, 7) is 7.16. The zero-order valence-corrected chi connectivity index (χ0v) is 13.5. The number of rotatable bonds is 6. The third-order valence-corrected chi connectivity index (χ3v) is 6.35. The maximum Gasteiger partial charge on any atom is 0.329 e. The fraction of sp³-hybridized carbons (Fsp3) is 0.875. The zero-order chi connectivity index (χ0) is 16.8. The molecule has 22 heavy (non-hydrogen) atoms. The minimum atomic E-state index is -3.07. The van der Waals surface area contributed by atoms with Gasteiger partial charge in [0.05, 0.1) is 0 Å². The third-order valence-electron chi connectivity index (χ3n) is 6.35. The van der Waals surface area contributed by atoms with E-state index in [1.54, 1.807) is 0 Å². The molecule has 6 heteroatoms. The van der Waals surface area contributed by atoms with E-state index < -0.39 is 17.9 Å². The van der Waals surface area contributed by atoms with Crippen LogP contribution in [-0.4, -0.2) is 35.3 Å². The minimum Gasteiger partial charge on any atom is -0.480 e. The summed E-state index contributed by atoms with van der Waals surface area (Å²) < 4.78 is 25.6. The van der Waals surface area contributed by atoms with Crippen molar-refractivity contribution in [1.82, 2.24) is 0 Å². The number of nitrogens with two attached hydrogens (primary N) is 1. The summed E-state index contributed by atoms with van der Waals surface area (Å²) >= 11 is 0. The van der Waals surface area contributed by atoms with Crippen LogP contribution in [0.2, 0.25) is 0 Å². The fourth-order valence-electron chi connectivity index (χ4n) is 4.06. The van der Waals surface area contributed by atoms with E-state index >= 15 is 0 Å². The predicted octanol–water partition coefficient (Wildman–Crippen LogP) is 3.10. The van der Waals surface area contributed by atoms with Crippen molar-refractivity contribution >= 4 is 11.7 Å². The van der Waals surface area contributed by atoms with Crippen LogP contribution in [0.25, 0.3) is 0 Å². The van der Waals surface area contributed by atoms with Crippen molar-refractivity contribution in [2.45, 2.75) is 64.8 Å². The van der Waals surface area contributed by atoms with Crippen molar-refractivity contribution in [3.05, 3.63) is 0 Å². The number of carboxylic acid groups (broad SMARTS) is 1. The predicted molar refractivity (Wildman–Crippen MR) is 81.3 cm³/mol. The lowest BCUT2D eigenvalue weighted by Gasteiger charge is -2.34. The number of aliphatic carboxylic acids is 1. The van der Waals surface area contributed by atoms with Crippen LogP contribution >= 0.6 is 0 Å². The molecule has 0 saturated heterocycles. The topological polar surface area (TPSA) is 75.7 Å². The van der Waals surface area contributed by atoms with E-state index in [0.29, 0.717) is 12.5 Å². The molecule has 3 unspecified atom stereocenters. The molecule has 126 valence electrons. The molecule has 0 amide bonds. The smallest absolute Gasteiger partial charge is 0.329 e. The number of alkyl halides is 2. The summed E-state index contributed by atoms with van der Waals surface area (Å²) in [5.41, 5.74) is 4.34. The molecule has 0 spiro atoms. The average molecular weight is 316 g/mol. The van der Waals surface area contributed by atoms with Crippen LogP contribution in [-0.2, 0) is 4.79 Å². The van der Waals surface area contributed by atoms with Gasteiger partial charge in [0.15, 0.2) is 5.54 Å². The SMILES string of the molecule is CC12CCC(CC1=NCCCC(N)(C(=O)O)C(F)F)C2(C)C. The van der Waals surface area contributed by atoms with E-state index in [1.165, 1.54) is 12.1 Å². The van der Waals surface area contributed by atoms with Crippen LogP contribution in [0.4, 0.5) is 8.78 Å². The lowest BCUT2D eigenvalue weighted by atomic mass is 9.70. The first-order chi connectivity index (χ1) is 10.1. The van der Waals surface area contributed by atoms with E-state index in [9.17, 15) is 13.6 Å². The average Bonchev–Trinajstić information content (AvgIpc) is 2.75. The van der Waals surface area contributed by atoms with Gasteiger partial charge in [0.2, 0.25) is 0 Å². The van der Waals surface area contributed by atoms with E-state index in [-0.39, 0.29) is 23.7 Å². The minimum absolute atomic E-state index is 0.0903. The lowest BCUT2D eigenvalue weighted by Crippen LogP contribution is -2.54.